The molecule has 4 rings (SSSR count). The number of anilines is 1. The van der Waals surface area contributed by atoms with Gasteiger partial charge in [-0.3, -0.25) is 9.59 Å². The van der Waals surface area contributed by atoms with Crippen LogP contribution >= 0.6 is 0 Å². The van der Waals surface area contributed by atoms with Crippen molar-refractivity contribution in [1.29, 1.82) is 0 Å². The highest BCUT2D eigenvalue weighted by molar-refractivity contribution is 7.89. The molecule has 1 saturated carbocycles. The van der Waals surface area contributed by atoms with E-state index in [9.17, 15) is 18.0 Å². The van der Waals surface area contributed by atoms with Crippen LogP contribution < -0.4 is 10.5 Å². The van der Waals surface area contributed by atoms with Crippen LogP contribution in [0.15, 0.2) is 47.4 Å². The molecule has 1 aliphatic heterocycles. The van der Waals surface area contributed by atoms with Gasteiger partial charge >= 0.3 is 0 Å². The van der Waals surface area contributed by atoms with Crippen LogP contribution in [0.5, 0.6) is 0 Å². The minimum Gasteiger partial charge on any atom is -0.468 e. The smallest absolute Gasteiger partial charge is 0.293 e. The van der Waals surface area contributed by atoms with Crippen molar-refractivity contribution in [2.45, 2.75) is 69.4 Å². The monoisotopic (exact) mass is 595 g/mol. The van der Waals surface area contributed by atoms with Gasteiger partial charge in [0, 0.05) is 35.3 Å². The van der Waals surface area contributed by atoms with Crippen molar-refractivity contribution in [1.82, 2.24) is 9.62 Å². The number of rotatable bonds is 10. The van der Waals surface area contributed by atoms with E-state index in [0.717, 1.165) is 24.0 Å². The van der Waals surface area contributed by atoms with Crippen LogP contribution in [-0.2, 0) is 35.5 Å². The summed E-state index contributed by atoms with van der Waals surface area (Å²) in [7, 11) is -3.78. The molecular weight excluding hydrogens is 554 g/mol. The van der Waals surface area contributed by atoms with Gasteiger partial charge in [0.1, 0.15) is 0 Å². The molecule has 9 nitrogen and oxygen atoms in total. The fraction of sp³-hybridized carbons (Fsp3) is 0.500. The van der Waals surface area contributed by atoms with Gasteiger partial charge in [-0.1, -0.05) is 37.8 Å². The lowest BCUT2D eigenvalue weighted by Crippen LogP contribution is -2.53. The van der Waals surface area contributed by atoms with Crippen LogP contribution in [0.25, 0.3) is 0 Å². The maximum atomic E-state index is 13.3. The summed E-state index contributed by atoms with van der Waals surface area (Å²) in [4.78, 5) is 25.6. The van der Waals surface area contributed by atoms with Gasteiger partial charge in [0.25, 0.3) is 6.47 Å². The molecule has 0 spiro atoms. The van der Waals surface area contributed by atoms with Crippen LogP contribution in [0.1, 0.15) is 62.6 Å². The van der Waals surface area contributed by atoms with E-state index in [1.807, 2.05) is 29.2 Å². The Morgan fingerprint density at radius 1 is 1.14 bits per heavy atom. The number of nitrogen functional groups attached to an aromatic ring is 1. The van der Waals surface area contributed by atoms with E-state index in [1.165, 1.54) is 12.1 Å². The van der Waals surface area contributed by atoms with Crippen molar-refractivity contribution >= 4 is 28.1 Å². The zero-order valence-corrected chi connectivity index (χ0v) is 25.2. The third kappa shape index (κ3) is 8.34. The second kappa shape index (κ2) is 14.7. The van der Waals surface area contributed by atoms with Crippen molar-refractivity contribution in [3.63, 3.8) is 0 Å². The van der Waals surface area contributed by atoms with E-state index in [-0.39, 0.29) is 34.5 Å². The topological polar surface area (TPSA) is 128 Å². The van der Waals surface area contributed by atoms with Gasteiger partial charge in [-0.05, 0) is 80.3 Å². The summed E-state index contributed by atoms with van der Waals surface area (Å²) in [6.45, 7) is 6.80. The number of sulfonamides is 1. The number of ether oxygens (including phenoxy) is 2. The van der Waals surface area contributed by atoms with Gasteiger partial charge in [0.05, 0.1) is 30.8 Å². The molecule has 1 atom stereocenters. The number of carbonyl (C=O) groups is 2. The third-order valence-corrected chi connectivity index (χ3v) is 9.56. The second-order valence-corrected chi connectivity index (χ2v) is 13.1. The molecule has 0 unspecified atom stereocenters. The Labute approximate surface area is 249 Å². The first-order valence-electron chi connectivity index (χ1n) is 14.6. The first-order valence-corrected chi connectivity index (χ1v) is 16.1. The Hall–Kier alpha value is -3.39. The Kier molecular flexibility index (Phi) is 11.0. The van der Waals surface area contributed by atoms with Crippen molar-refractivity contribution in [3.8, 4) is 11.8 Å². The number of hydrogen-bond donors (Lipinski definition) is 2. The van der Waals surface area contributed by atoms with Crippen LogP contribution in [0.4, 0.5) is 5.69 Å². The van der Waals surface area contributed by atoms with Crippen LogP contribution in [0, 0.1) is 23.7 Å². The number of hydrogen-bond acceptors (Lipinski definition) is 7. The number of benzene rings is 2. The first kappa shape index (κ1) is 31.5. The average Bonchev–Trinajstić information content (AvgIpc) is 2.99. The average molecular weight is 596 g/mol. The van der Waals surface area contributed by atoms with E-state index in [2.05, 4.69) is 30.4 Å². The van der Waals surface area contributed by atoms with Gasteiger partial charge in [-0.25, -0.2) is 13.1 Å². The molecule has 226 valence electrons. The van der Waals surface area contributed by atoms with Crippen molar-refractivity contribution in [2.24, 2.45) is 11.8 Å². The highest BCUT2D eigenvalue weighted by Gasteiger charge is 2.36. The van der Waals surface area contributed by atoms with Crippen LogP contribution in [0.2, 0.25) is 0 Å². The zero-order valence-electron chi connectivity index (χ0n) is 24.4. The number of carbonyl (C=O) groups excluding carboxylic acids is 2. The van der Waals surface area contributed by atoms with E-state index in [4.69, 9.17) is 15.2 Å². The summed E-state index contributed by atoms with van der Waals surface area (Å²) in [6.07, 6.45) is 4.07. The lowest BCUT2D eigenvalue weighted by Gasteiger charge is -2.41. The van der Waals surface area contributed by atoms with E-state index < -0.39 is 10.0 Å². The molecule has 1 heterocycles. The van der Waals surface area contributed by atoms with Gasteiger partial charge in [-0.15, -0.1) is 0 Å². The summed E-state index contributed by atoms with van der Waals surface area (Å²) in [5.74, 6) is 6.50. The van der Waals surface area contributed by atoms with Crippen molar-refractivity contribution in [2.75, 3.05) is 32.1 Å². The zero-order chi connectivity index (χ0) is 30.1. The molecule has 1 aliphatic carbocycles. The third-order valence-electron chi connectivity index (χ3n) is 8.04. The van der Waals surface area contributed by atoms with E-state index >= 15 is 0 Å². The minimum atomic E-state index is -3.78. The van der Waals surface area contributed by atoms with Gasteiger partial charge in [0.15, 0.2) is 0 Å². The molecule has 1 saturated heterocycles. The summed E-state index contributed by atoms with van der Waals surface area (Å²) in [5, 5.41) is 0. The first-order chi connectivity index (χ1) is 20.2. The summed E-state index contributed by atoms with van der Waals surface area (Å²) in [6, 6.07) is 12.2. The Morgan fingerprint density at radius 2 is 1.88 bits per heavy atom. The molecule has 0 radical (unpaired) electrons. The molecule has 2 fully saturated rings. The van der Waals surface area contributed by atoms with Gasteiger partial charge in [0.2, 0.25) is 15.9 Å². The molecule has 2 aromatic carbocycles. The Bertz CT molecular complexity index is 1390. The number of nitrogens with one attached hydrogen (secondary N) is 1. The van der Waals surface area contributed by atoms with Crippen molar-refractivity contribution in [3.05, 3.63) is 59.2 Å². The fourth-order valence-corrected chi connectivity index (χ4v) is 6.89. The minimum absolute atomic E-state index is 0.0853. The molecule has 1 amide bonds. The van der Waals surface area contributed by atoms with Gasteiger partial charge < -0.3 is 20.1 Å². The fourth-order valence-electron chi connectivity index (χ4n) is 5.55. The second-order valence-electron chi connectivity index (χ2n) is 11.4. The summed E-state index contributed by atoms with van der Waals surface area (Å²) in [5.41, 5.74) is 8.95. The summed E-state index contributed by atoms with van der Waals surface area (Å²) >= 11 is 0. The standard InChI is InChI=1S/C32H41N3O6S/c1-23(2)31-21-40-19-17-35(31)32(37)27-11-14-28(15-12-27)34-42(38,39)29-16-13-26(30(33)20-29)10-9-25-7-5-24(6-8-25)4-3-18-41-22-36/h5-8,13,16,20,22-23,27-28,31,34H,3-4,11-12,14-15,17-19,21,33H2,1-2H3/t27-,28-,31-/m1/s1. The molecular formula is C32H41N3O6S. The molecule has 3 N–H and O–H groups in total. The molecule has 10 heteroatoms. The quantitative estimate of drug-likeness (QED) is 0.186. The maximum Gasteiger partial charge on any atom is 0.293 e. The number of nitrogens with two attached hydrogens (primary N) is 1. The molecule has 2 aromatic rings. The number of nitrogens with zero attached hydrogens (tertiary/aromatic N) is 1. The Balaban J connectivity index is 1.31. The maximum absolute atomic E-state index is 13.3. The van der Waals surface area contributed by atoms with Gasteiger partial charge in [-0.2, -0.15) is 0 Å². The number of morpholine rings is 1. The predicted octanol–water partition coefficient (Wildman–Crippen LogP) is 3.49. The molecule has 0 aromatic heterocycles. The SMILES string of the molecule is CC(C)[C@H]1COCCN1C(=O)[C@H]1CC[C@H](NS(=O)(=O)c2ccc(C#Cc3ccc(CCCOC=O)cc3)c(N)c2)CC1. The normalized spacial score (nSPS) is 20.9. The number of amides is 1. The van der Waals surface area contributed by atoms with E-state index in [0.29, 0.717) is 70.0 Å². The highest BCUT2D eigenvalue weighted by Crippen LogP contribution is 2.29. The van der Waals surface area contributed by atoms with Crippen LogP contribution in [-0.4, -0.2) is 64.1 Å². The molecule has 42 heavy (non-hydrogen) atoms. The molecule has 0 bridgehead atoms. The summed E-state index contributed by atoms with van der Waals surface area (Å²) < 4.78 is 39.4. The number of aryl methyl sites for hydroxylation is 1. The van der Waals surface area contributed by atoms with Crippen LogP contribution in [0.3, 0.4) is 0 Å². The Morgan fingerprint density at radius 3 is 2.55 bits per heavy atom. The lowest BCUT2D eigenvalue weighted by molar-refractivity contribution is -0.147. The largest absolute Gasteiger partial charge is 0.468 e. The van der Waals surface area contributed by atoms with E-state index in [1.54, 1.807) is 6.07 Å². The lowest BCUT2D eigenvalue weighted by atomic mass is 9.85. The predicted molar refractivity (Wildman–Crippen MR) is 161 cm³/mol. The molecule has 2 aliphatic rings. The van der Waals surface area contributed by atoms with Crippen molar-refractivity contribution < 1.29 is 27.5 Å². The highest BCUT2D eigenvalue weighted by atomic mass is 32.2.